The van der Waals surface area contributed by atoms with Gasteiger partial charge in [0, 0.05) is 10.6 Å². The monoisotopic (exact) mass is 293 g/mol. The van der Waals surface area contributed by atoms with Gasteiger partial charge in [0.2, 0.25) is 0 Å². The molecule has 0 aliphatic heterocycles. The first-order valence-corrected chi connectivity index (χ1v) is 6.10. The molecule has 2 rings (SSSR count). The van der Waals surface area contributed by atoms with E-state index in [-0.39, 0.29) is 11.3 Å². The van der Waals surface area contributed by atoms with Crippen molar-refractivity contribution in [2.45, 2.75) is 6.10 Å². The highest BCUT2D eigenvalue weighted by Gasteiger charge is 2.17. The molecule has 0 aliphatic carbocycles. The first kappa shape index (κ1) is 13.7. The smallest absolute Gasteiger partial charge is 0.146 e. The van der Waals surface area contributed by atoms with E-state index < -0.39 is 6.10 Å². The van der Waals surface area contributed by atoms with Gasteiger partial charge in [-0.3, -0.25) is 0 Å². The third-order valence-electron chi connectivity index (χ3n) is 2.56. The highest BCUT2D eigenvalue weighted by atomic mass is 35.5. The Morgan fingerprint density at radius 1 is 1.32 bits per heavy atom. The molecule has 1 aromatic carbocycles. The Hall–Kier alpha value is -1.73. The predicted octanol–water partition coefficient (Wildman–Crippen LogP) is 4.37. The largest absolute Gasteiger partial charge is 0.458 e. The van der Waals surface area contributed by atoms with Crippen molar-refractivity contribution in [3.05, 3.63) is 58.3 Å². The van der Waals surface area contributed by atoms with Gasteiger partial charge in [-0.15, -0.1) is 0 Å². The van der Waals surface area contributed by atoms with Gasteiger partial charge in [0.1, 0.15) is 17.6 Å². The normalized spacial score (nSPS) is 11.9. The molecule has 1 aromatic heterocycles. The lowest BCUT2D eigenvalue weighted by Crippen LogP contribution is -1.96. The molecule has 0 amide bonds. The number of halogens is 2. The summed E-state index contributed by atoms with van der Waals surface area (Å²) < 4.78 is 5.49. The Kier molecular flexibility index (Phi) is 3.96. The number of hydrogen-bond acceptors (Lipinski definition) is 3. The topological polar surface area (TPSA) is 57.2 Å². The number of benzene rings is 1. The fourth-order valence-corrected chi connectivity index (χ4v) is 1.95. The van der Waals surface area contributed by atoms with Gasteiger partial charge in [-0.2, -0.15) is 5.26 Å². The number of aliphatic hydroxyl groups is 1. The van der Waals surface area contributed by atoms with Crippen molar-refractivity contribution in [2.75, 3.05) is 0 Å². The molecule has 0 saturated heterocycles. The summed E-state index contributed by atoms with van der Waals surface area (Å²) in [6.45, 7) is 3.44. The van der Waals surface area contributed by atoms with E-state index >= 15 is 0 Å². The highest BCUT2D eigenvalue weighted by Crippen LogP contribution is 2.33. The Morgan fingerprint density at radius 2 is 2.05 bits per heavy atom. The Morgan fingerprint density at radius 3 is 2.74 bits per heavy atom. The van der Waals surface area contributed by atoms with Crippen LogP contribution in [0.5, 0.6) is 0 Å². The van der Waals surface area contributed by atoms with Gasteiger partial charge in [0.25, 0.3) is 0 Å². The molecule has 1 heterocycles. The van der Waals surface area contributed by atoms with Gasteiger partial charge in [0.15, 0.2) is 0 Å². The molecule has 2 aromatic rings. The van der Waals surface area contributed by atoms with E-state index in [1.165, 1.54) is 0 Å². The maximum atomic E-state index is 9.80. The summed E-state index contributed by atoms with van der Waals surface area (Å²) in [5.41, 5.74) is 0.633. The van der Waals surface area contributed by atoms with Crippen molar-refractivity contribution in [1.29, 1.82) is 5.26 Å². The van der Waals surface area contributed by atoms with Crippen LogP contribution >= 0.6 is 23.2 Å². The molecule has 5 heteroatoms. The summed E-state index contributed by atoms with van der Waals surface area (Å²) in [6.07, 6.45) is -1.16. The zero-order valence-corrected chi connectivity index (χ0v) is 11.2. The number of hydrogen-bond donors (Lipinski definition) is 1. The fraction of sp³-hybridized carbons (Fsp3) is 0.0714. The van der Waals surface area contributed by atoms with E-state index in [4.69, 9.17) is 32.9 Å². The summed E-state index contributed by atoms with van der Waals surface area (Å²) in [7, 11) is 0. The number of rotatable bonds is 3. The van der Waals surface area contributed by atoms with Crippen molar-refractivity contribution in [2.24, 2.45) is 0 Å². The first-order chi connectivity index (χ1) is 9.02. The van der Waals surface area contributed by atoms with Gasteiger partial charge in [-0.05, 0) is 30.3 Å². The van der Waals surface area contributed by atoms with Gasteiger partial charge in [-0.25, -0.2) is 0 Å². The average molecular weight is 294 g/mol. The summed E-state index contributed by atoms with van der Waals surface area (Å²) in [5, 5.41) is 19.5. The van der Waals surface area contributed by atoms with E-state index in [9.17, 15) is 5.11 Å². The molecule has 3 nitrogen and oxygen atoms in total. The minimum atomic E-state index is -1.16. The van der Waals surface area contributed by atoms with Crippen LogP contribution in [0.2, 0.25) is 10.0 Å². The van der Waals surface area contributed by atoms with Crippen LogP contribution < -0.4 is 0 Å². The second-order valence-electron chi connectivity index (χ2n) is 3.87. The zero-order valence-electron chi connectivity index (χ0n) is 9.73. The SMILES string of the molecule is C=C(C#N)C(O)c1ccc(-c2cc(Cl)ccc2Cl)o1. The molecule has 1 N–H and O–H groups in total. The molecule has 1 unspecified atom stereocenters. The van der Waals surface area contributed by atoms with Crippen molar-refractivity contribution in [3.63, 3.8) is 0 Å². The van der Waals surface area contributed by atoms with E-state index in [1.807, 2.05) is 0 Å². The summed E-state index contributed by atoms with van der Waals surface area (Å²) in [4.78, 5) is 0. The number of furan rings is 1. The fourth-order valence-electron chi connectivity index (χ4n) is 1.56. The molecule has 1 atom stereocenters. The van der Waals surface area contributed by atoms with Gasteiger partial charge in [0.05, 0.1) is 16.7 Å². The Labute approximate surface area is 120 Å². The molecule has 0 fully saturated rings. The molecule has 19 heavy (non-hydrogen) atoms. The van der Waals surface area contributed by atoms with Crippen LogP contribution in [0.4, 0.5) is 0 Å². The third-order valence-corrected chi connectivity index (χ3v) is 3.13. The van der Waals surface area contributed by atoms with Crippen LogP contribution in [0, 0.1) is 11.3 Å². The Bertz CT molecular complexity index is 670. The zero-order chi connectivity index (χ0) is 14.0. The lowest BCUT2D eigenvalue weighted by molar-refractivity contribution is 0.191. The summed E-state index contributed by atoms with van der Waals surface area (Å²) in [5.74, 6) is 0.699. The average Bonchev–Trinajstić information content (AvgIpc) is 2.89. The van der Waals surface area contributed by atoms with Crippen LogP contribution in [0.1, 0.15) is 11.9 Å². The lowest BCUT2D eigenvalue weighted by atomic mass is 10.1. The van der Waals surface area contributed by atoms with Crippen molar-refractivity contribution < 1.29 is 9.52 Å². The third kappa shape index (κ3) is 2.82. The predicted molar refractivity (Wildman–Crippen MR) is 73.9 cm³/mol. The van der Waals surface area contributed by atoms with Crippen molar-refractivity contribution in [1.82, 2.24) is 0 Å². The van der Waals surface area contributed by atoms with E-state index in [2.05, 4.69) is 6.58 Å². The standard InChI is InChI=1S/C14H9Cl2NO2/c1-8(7-17)14(18)13-5-4-12(19-13)10-6-9(15)2-3-11(10)16/h2-6,14,18H,1H2. The Balaban J connectivity index is 2.39. The van der Waals surface area contributed by atoms with Crippen molar-refractivity contribution in [3.8, 4) is 17.4 Å². The number of nitrogens with zero attached hydrogens (tertiary/aromatic N) is 1. The molecular weight excluding hydrogens is 285 g/mol. The molecule has 0 aliphatic rings. The van der Waals surface area contributed by atoms with Crippen LogP contribution in [0.25, 0.3) is 11.3 Å². The van der Waals surface area contributed by atoms with Crippen LogP contribution in [-0.2, 0) is 0 Å². The highest BCUT2D eigenvalue weighted by molar-refractivity contribution is 6.35. The van der Waals surface area contributed by atoms with Crippen LogP contribution in [0.3, 0.4) is 0 Å². The van der Waals surface area contributed by atoms with Gasteiger partial charge >= 0.3 is 0 Å². The maximum absolute atomic E-state index is 9.80. The molecular formula is C14H9Cl2NO2. The second-order valence-corrected chi connectivity index (χ2v) is 4.71. The lowest BCUT2D eigenvalue weighted by Gasteiger charge is -2.05. The quantitative estimate of drug-likeness (QED) is 0.855. The molecule has 0 spiro atoms. The number of nitriles is 1. The number of aliphatic hydroxyl groups excluding tert-OH is 1. The molecule has 96 valence electrons. The van der Waals surface area contributed by atoms with Crippen molar-refractivity contribution >= 4 is 23.2 Å². The molecule has 0 saturated carbocycles. The van der Waals surface area contributed by atoms with E-state index in [0.717, 1.165) is 0 Å². The first-order valence-electron chi connectivity index (χ1n) is 5.35. The van der Waals surface area contributed by atoms with Crippen LogP contribution in [0.15, 0.2) is 46.9 Å². The second kappa shape index (κ2) is 5.50. The summed E-state index contributed by atoms with van der Waals surface area (Å²) >= 11 is 12.0. The molecule has 0 bridgehead atoms. The molecule has 0 radical (unpaired) electrons. The summed E-state index contributed by atoms with van der Waals surface area (Å²) in [6, 6.07) is 10.00. The minimum Gasteiger partial charge on any atom is -0.458 e. The van der Waals surface area contributed by atoms with Gasteiger partial charge in [-0.1, -0.05) is 29.8 Å². The minimum absolute atomic E-state index is 0.0121. The maximum Gasteiger partial charge on any atom is 0.146 e. The van der Waals surface area contributed by atoms with Gasteiger partial charge < -0.3 is 9.52 Å². The van der Waals surface area contributed by atoms with E-state index in [0.29, 0.717) is 21.4 Å². The van der Waals surface area contributed by atoms with E-state index in [1.54, 1.807) is 36.4 Å². The van der Waals surface area contributed by atoms with Crippen LogP contribution in [-0.4, -0.2) is 5.11 Å².